The number of hydrogen-bond donors (Lipinski definition) is 2. The number of unbranched alkanes of at least 4 members (excludes halogenated alkanes) is 2. The van der Waals surface area contributed by atoms with Crippen molar-refractivity contribution in [2.45, 2.75) is 65.1 Å². The summed E-state index contributed by atoms with van der Waals surface area (Å²) in [6, 6.07) is 0. The van der Waals surface area contributed by atoms with E-state index in [9.17, 15) is 9.90 Å². The van der Waals surface area contributed by atoms with Crippen molar-refractivity contribution in [3.63, 3.8) is 0 Å². The maximum atomic E-state index is 11.4. The minimum Gasteiger partial charge on any atom is -0.444 e. The van der Waals surface area contributed by atoms with E-state index in [-0.39, 0.29) is 6.09 Å². The average Bonchev–Trinajstić information content (AvgIpc) is 2.48. The number of aliphatic hydroxyl groups is 1. The van der Waals surface area contributed by atoms with Gasteiger partial charge in [0, 0.05) is 24.5 Å². The molecule has 0 radical (unpaired) electrons. The van der Waals surface area contributed by atoms with E-state index in [0.29, 0.717) is 13.0 Å². The van der Waals surface area contributed by atoms with E-state index in [1.54, 1.807) is 18.5 Å². The topological polar surface area (TPSA) is 84.3 Å². The van der Waals surface area contributed by atoms with Gasteiger partial charge in [-0.1, -0.05) is 25.0 Å². The number of hydrogen-bond acceptors (Lipinski definition) is 5. The molecule has 1 heterocycles. The SMILES string of the molecule is Cc1ncc(/C=C\C(O)CCCCCNC(=O)OC(C)(C)C)cn1. The summed E-state index contributed by atoms with van der Waals surface area (Å²) < 4.78 is 5.15. The first-order valence-electron chi connectivity index (χ1n) is 8.38. The summed E-state index contributed by atoms with van der Waals surface area (Å²) in [6.07, 6.45) is 9.57. The summed E-state index contributed by atoms with van der Waals surface area (Å²) >= 11 is 0. The number of ether oxygens (including phenoxy) is 1. The summed E-state index contributed by atoms with van der Waals surface area (Å²) in [5.41, 5.74) is 0.407. The van der Waals surface area contributed by atoms with E-state index in [1.807, 2.05) is 33.8 Å². The molecular formula is C18H29N3O3. The number of aliphatic hydroxyl groups excluding tert-OH is 1. The van der Waals surface area contributed by atoms with Crippen LogP contribution >= 0.6 is 0 Å². The molecule has 0 bridgehead atoms. The van der Waals surface area contributed by atoms with Crippen molar-refractivity contribution in [1.29, 1.82) is 0 Å². The van der Waals surface area contributed by atoms with E-state index in [4.69, 9.17) is 4.74 Å². The minimum atomic E-state index is -0.481. The number of carbonyl (C=O) groups excluding carboxylic acids is 1. The quantitative estimate of drug-likeness (QED) is 0.712. The van der Waals surface area contributed by atoms with Crippen molar-refractivity contribution in [2.24, 2.45) is 0 Å². The van der Waals surface area contributed by atoms with Gasteiger partial charge in [0.1, 0.15) is 11.4 Å². The van der Waals surface area contributed by atoms with E-state index < -0.39 is 11.7 Å². The van der Waals surface area contributed by atoms with Crippen LogP contribution in [0.5, 0.6) is 0 Å². The van der Waals surface area contributed by atoms with Crippen LogP contribution in [0.25, 0.3) is 6.08 Å². The van der Waals surface area contributed by atoms with Crippen LogP contribution in [-0.2, 0) is 4.74 Å². The number of rotatable bonds is 8. The van der Waals surface area contributed by atoms with Crippen molar-refractivity contribution in [3.8, 4) is 0 Å². The van der Waals surface area contributed by atoms with Crippen LogP contribution < -0.4 is 5.32 Å². The second kappa shape index (κ2) is 10.0. The predicted octanol–water partition coefficient (Wildman–Crippen LogP) is 3.24. The number of carbonyl (C=O) groups is 1. The van der Waals surface area contributed by atoms with Gasteiger partial charge in [-0.3, -0.25) is 0 Å². The molecule has 0 aromatic carbocycles. The molecule has 1 amide bonds. The lowest BCUT2D eigenvalue weighted by Gasteiger charge is -2.19. The Morgan fingerprint density at radius 2 is 1.96 bits per heavy atom. The van der Waals surface area contributed by atoms with Crippen LogP contribution in [0.1, 0.15) is 57.8 Å². The third-order valence-corrected chi connectivity index (χ3v) is 3.16. The van der Waals surface area contributed by atoms with E-state index in [2.05, 4.69) is 15.3 Å². The van der Waals surface area contributed by atoms with Crippen molar-refractivity contribution in [2.75, 3.05) is 6.54 Å². The highest BCUT2D eigenvalue weighted by Crippen LogP contribution is 2.08. The van der Waals surface area contributed by atoms with Gasteiger partial charge in [0.15, 0.2) is 0 Å². The first kappa shape index (κ1) is 20.1. The highest BCUT2D eigenvalue weighted by molar-refractivity contribution is 5.67. The molecule has 0 aliphatic carbocycles. The normalized spacial score (nSPS) is 13.0. The van der Waals surface area contributed by atoms with Gasteiger partial charge in [-0.2, -0.15) is 0 Å². The first-order chi connectivity index (χ1) is 11.3. The largest absolute Gasteiger partial charge is 0.444 e. The molecule has 0 fully saturated rings. The average molecular weight is 335 g/mol. The Bertz CT molecular complexity index is 521. The zero-order valence-corrected chi connectivity index (χ0v) is 15.1. The number of alkyl carbamates (subject to hydrolysis) is 1. The lowest BCUT2D eigenvalue weighted by molar-refractivity contribution is 0.0526. The molecular weight excluding hydrogens is 306 g/mol. The number of nitrogens with one attached hydrogen (secondary N) is 1. The molecule has 1 rings (SSSR count). The first-order valence-corrected chi connectivity index (χ1v) is 8.38. The Kier molecular flexibility index (Phi) is 8.40. The number of aromatic nitrogens is 2. The highest BCUT2D eigenvalue weighted by atomic mass is 16.6. The Labute approximate surface area is 144 Å². The molecule has 1 unspecified atom stereocenters. The lowest BCUT2D eigenvalue weighted by atomic mass is 10.1. The van der Waals surface area contributed by atoms with Crippen LogP contribution in [-0.4, -0.2) is 39.4 Å². The Hall–Kier alpha value is -1.95. The third kappa shape index (κ3) is 9.94. The zero-order chi connectivity index (χ0) is 18.0. The van der Waals surface area contributed by atoms with Gasteiger partial charge in [-0.25, -0.2) is 14.8 Å². The second-order valence-corrected chi connectivity index (χ2v) is 6.77. The highest BCUT2D eigenvalue weighted by Gasteiger charge is 2.15. The Balaban J connectivity index is 2.10. The summed E-state index contributed by atoms with van der Waals surface area (Å²) in [4.78, 5) is 19.6. The minimum absolute atomic E-state index is 0.384. The third-order valence-electron chi connectivity index (χ3n) is 3.16. The summed E-state index contributed by atoms with van der Waals surface area (Å²) in [5.74, 6) is 0.729. The summed E-state index contributed by atoms with van der Waals surface area (Å²) in [6.45, 7) is 7.93. The number of amides is 1. The molecule has 1 atom stereocenters. The molecule has 0 aliphatic heterocycles. The van der Waals surface area contributed by atoms with Crippen LogP contribution in [0.4, 0.5) is 4.79 Å². The van der Waals surface area contributed by atoms with Crippen molar-refractivity contribution in [1.82, 2.24) is 15.3 Å². The number of aryl methyl sites for hydroxylation is 1. The van der Waals surface area contributed by atoms with E-state index in [0.717, 1.165) is 30.7 Å². The molecule has 6 heteroatoms. The van der Waals surface area contributed by atoms with Gasteiger partial charge in [0.25, 0.3) is 0 Å². The van der Waals surface area contributed by atoms with E-state index in [1.165, 1.54) is 0 Å². The van der Waals surface area contributed by atoms with Crippen molar-refractivity contribution in [3.05, 3.63) is 29.9 Å². The van der Waals surface area contributed by atoms with Gasteiger partial charge in [0.05, 0.1) is 6.10 Å². The molecule has 0 aliphatic rings. The van der Waals surface area contributed by atoms with Crippen molar-refractivity contribution >= 4 is 12.2 Å². The van der Waals surface area contributed by atoms with Crippen LogP contribution in [0.3, 0.4) is 0 Å². The Morgan fingerprint density at radius 3 is 2.58 bits per heavy atom. The fraction of sp³-hybridized carbons (Fsp3) is 0.611. The summed E-state index contributed by atoms with van der Waals surface area (Å²) in [7, 11) is 0. The molecule has 134 valence electrons. The summed E-state index contributed by atoms with van der Waals surface area (Å²) in [5, 5.41) is 12.6. The van der Waals surface area contributed by atoms with Gasteiger partial charge in [-0.15, -0.1) is 0 Å². The molecule has 24 heavy (non-hydrogen) atoms. The van der Waals surface area contributed by atoms with Gasteiger partial charge in [0.2, 0.25) is 0 Å². The molecule has 0 saturated carbocycles. The molecule has 0 saturated heterocycles. The van der Waals surface area contributed by atoms with Crippen LogP contribution in [0, 0.1) is 6.92 Å². The predicted molar refractivity (Wildman–Crippen MR) is 94.5 cm³/mol. The second-order valence-electron chi connectivity index (χ2n) is 6.77. The zero-order valence-electron chi connectivity index (χ0n) is 15.1. The molecule has 6 nitrogen and oxygen atoms in total. The van der Waals surface area contributed by atoms with Crippen LogP contribution in [0.2, 0.25) is 0 Å². The molecule has 0 spiro atoms. The lowest BCUT2D eigenvalue weighted by Crippen LogP contribution is -2.32. The standard InChI is InChI=1S/C18H29N3O3/c1-14-20-12-15(13-21-14)9-10-16(22)8-6-5-7-11-19-17(23)24-18(2,3)4/h9-10,12-13,16,22H,5-8,11H2,1-4H3,(H,19,23)/b10-9-. The maximum Gasteiger partial charge on any atom is 0.407 e. The van der Waals surface area contributed by atoms with Gasteiger partial charge in [-0.05, 0) is 40.5 Å². The van der Waals surface area contributed by atoms with Crippen LogP contribution in [0.15, 0.2) is 18.5 Å². The Morgan fingerprint density at radius 1 is 1.29 bits per heavy atom. The van der Waals surface area contributed by atoms with Crippen molar-refractivity contribution < 1.29 is 14.6 Å². The van der Waals surface area contributed by atoms with Gasteiger partial charge >= 0.3 is 6.09 Å². The maximum absolute atomic E-state index is 11.4. The molecule has 1 aromatic heterocycles. The fourth-order valence-electron chi connectivity index (χ4n) is 1.97. The fourth-order valence-corrected chi connectivity index (χ4v) is 1.97. The van der Waals surface area contributed by atoms with E-state index >= 15 is 0 Å². The molecule has 1 aromatic rings. The monoisotopic (exact) mass is 335 g/mol. The molecule has 2 N–H and O–H groups in total. The smallest absolute Gasteiger partial charge is 0.407 e. The van der Waals surface area contributed by atoms with Gasteiger partial charge < -0.3 is 15.2 Å². The number of nitrogens with zero attached hydrogens (tertiary/aromatic N) is 2.